The molecule has 2 heterocycles. The van der Waals surface area contributed by atoms with E-state index in [0.29, 0.717) is 5.69 Å². The Morgan fingerprint density at radius 3 is 2.75 bits per heavy atom. The molecule has 0 bridgehead atoms. The van der Waals surface area contributed by atoms with Gasteiger partial charge in [0.15, 0.2) is 5.82 Å². The quantitative estimate of drug-likeness (QED) is 0.614. The lowest BCUT2D eigenvalue weighted by Gasteiger charge is -2.10. The third-order valence-corrected chi connectivity index (χ3v) is 4.12. The standard InChI is InChI=1S/C9H11N7O2S2/c1-5(9-12-15-16-13-9)14-20(17,18)6-2-3-7(8(10)19)11-4-6/h2-5,14H,1H3,(H2,10,19)(H,12,13,15,16). The van der Waals surface area contributed by atoms with Gasteiger partial charge in [-0.25, -0.2) is 13.1 Å². The number of nitrogens with two attached hydrogens (primary N) is 1. The van der Waals surface area contributed by atoms with Gasteiger partial charge in [-0.15, -0.1) is 10.2 Å². The lowest BCUT2D eigenvalue weighted by atomic mass is 10.3. The summed E-state index contributed by atoms with van der Waals surface area (Å²) in [5.41, 5.74) is 5.75. The number of thiocarbonyl (C=S) groups is 1. The topological polar surface area (TPSA) is 140 Å². The fraction of sp³-hybridized carbons (Fsp3) is 0.222. The molecule has 0 aliphatic heterocycles. The average molecular weight is 313 g/mol. The SMILES string of the molecule is CC(NS(=O)(=O)c1ccc(C(N)=S)nc1)c1nn[nH]n1. The molecule has 2 aromatic rings. The zero-order chi connectivity index (χ0) is 14.8. The number of pyridine rings is 1. The fourth-order valence-corrected chi connectivity index (χ4v) is 2.66. The molecular weight excluding hydrogens is 302 g/mol. The number of hydrogen-bond acceptors (Lipinski definition) is 7. The molecule has 0 aliphatic rings. The van der Waals surface area contributed by atoms with Gasteiger partial charge in [0.05, 0.1) is 11.7 Å². The molecule has 0 fully saturated rings. The predicted octanol–water partition coefficient (Wildman–Crippen LogP) is -0.732. The number of hydrogen-bond donors (Lipinski definition) is 3. The molecule has 106 valence electrons. The van der Waals surface area contributed by atoms with Gasteiger partial charge in [-0.1, -0.05) is 17.4 Å². The highest BCUT2D eigenvalue weighted by Gasteiger charge is 2.21. The Kier molecular flexibility index (Phi) is 4.01. The van der Waals surface area contributed by atoms with Crippen LogP contribution in [0.25, 0.3) is 0 Å². The van der Waals surface area contributed by atoms with Crippen LogP contribution in [-0.4, -0.2) is 39.0 Å². The fourth-order valence-electron chi connectivity index (χ4n) is 1.39. The summed E-state index contributed by atoms with van der Waals surface area (Å²) in [7, 11) is -3.75. The third-order valence-electron chi connectivity index (χ3n) is 2.38. The van der Waals surface area contributed by atoms with Crippen LogP contribution < -0.4 is 10.5 Å². The van der Waals surface area contributed by atoms with Crippen LogP contribution in [0.5, 0.6) is 0 Å². The number of rotatable bonds is 5. The molecule has 0 radical (unpaired) electrons. The lowest BCUT2D eigenvalue weighted by Crippen LogP contribution is -2.28. The number of sulfonamides is 1. The van der Waals surface area contributed by atoms with E-state index in [9.17, 15) is 8.42 Å². The summed E-state index contributed by atoms with van der Waals surface area (Å²) in [6.45, 7) is 1.60. The molecular formula is C9H11N7O2S2. The molecule has 0 spiro atoms. The second kappa shape index (κ2) is 5.56. The van der Waals surface area contributed by atoms with Gasteiger partial charge in [-0.2, -0.15) is 5.21 Å². The van der Waals surface area contributed by atoms with E-state index < -0.39 is 16.1 Å². The first-order chi connectivity index (χ1) is 9.40. The summed E-state index contributed by atoms with van der Waals surface area (Å²) < 4.78 is 26.6. The molecule has 1 atom stereocenters. The van der Waals surface area contributed by atoms with Gasteiger partial charge in [0.25, 0.3) is 0 Å². The van der Waals surface area contributed by atoms with Crippen molar-refractivity contribution < 1.29 is 8.42 Å². The maximum absolute atomic E-state index is 12.1. The van der Waals surface area contributed by atoms with Crippen LogP contribution in [-0.2, 0) is 10.0 Å². The van der Waals surface area contributed by atoms with E-state index >= 15 is 0 Å². The zero-order valence-corrected chi connectivity index (χ0v) is 11.9. The summed E-state index contributed by atoms with van der Waals surface area (Å²) in [4.78, 5) is 3.97. The minimum absolute atomic E-state index is 0.00663. The number of aromatic nitrogens is 5. The Bertz CT molecular complexity index is 696. The van der Waals surface area contributed by atoms with Crippen molar-refractivity contribution >= 4 is 27.2 Å². The molecule has 1 unspecified atom stereocenters. The maximum atomic E-state index is 12.1. The zero-order valence-electron chi connectivity index (χ0n) is 10.3. The number of tetrazole rings is 1. The van der Waals surface area contributed by atoms with Crippen molar-refractivity contribution in [3.8, 4) is 0 Å². The van der Waals surface area contributed by atoms with Crippen molar-refractivity contribution in [3.05, 3.63) is 29.8 Å². The Morgan fingerprint density at radius 2 is 2.25 bits per heavy atom. The van der Waals surface area contributed by atoms with Gasteiger partial charge >= 0.3 is 0 Å². The Balaban J connectivity index is 2.20. The number of nitrogens with one attached hydrogen (secondary N) is 2. The van der Waals surface area contributed by atoms with Crippen molar-refractivity contribution in [2.45, 2.75) is 17.9 Å². The van der Waals surface area contributed by atoms with Crippen molar-refractivity contribution in [2.24, 2.45) is 5.73 Å². The molecule has 4 N–H and O–H groups in total. The Morgan fingerprint density at radius 1 is 1.50 bits per heavy atom. The van der Waals surface area contributed by atoms with E-state index in [0.717, 1.165) is 0 Å². The summed E-state index contributed by atoms with van der Waals surface area (Å²) in [5.74, 6) is 0.237. The van der Waals surface area contributed by atoms with Crippen molar-refractivity contribution in [2.75, 3.05) is 0 Å². The second-order valence-corrected chi connectivity index (χ2v) is 6.01. The highest BCUT2D eigenvalue weighted by molar-refractivity contribution is 7.89. The minimum atomic E-state index is -3.75. The molecule has 2 aromatic heterocycles. The lowest BCUT2D eigenvalue weighted by molar-refractivity contribution is 0.559. The van der Waals surface area contributed by atoms with Crippen LogP contribution in [0.2, 0.25) is 0 Å². The van der Waals surface area contributed by atoms with E-state index in [4.69, 9.17) is 18.0 Å². The molecule has 0 saturated heterocycles. The van der Waals surface area contributed by atoms with Crippen LogP contribution in [0, 0.1) is 0 Å². The van der Waals surface area contributed by atoms with Crippen molar-refractivity contribution in [3.63, 3.8) is 0 Å². The van der Waals surface area contributed by atoms with Crippen LogP contribution in [0.4, 0.5) is 0 Å². The molecule has 2 rings (SSSR count). The summed E-state index contributed by atoms with van der Waals surface area (Å²) in [6.07, 6.45) is 1.18. The third kappa shape index (κ3) is 3.12. The highest BCUT2D eigenvalue weighted by atomic mass is 32.2. The van der Waals surface area contributed by atoms with Gasteiger partial charge < -0.3 is 5.73 Å². The normalized spacial score (nSPS) is 13.1. The largest absolute Gasteiger partial charge is 0.388 e. The minimum Gasteiger partial charge on any atom is -0.388 e. The molecule has 0 aliphatic carbocycles. The molecule has 9 nitrogen and oxygen atoms in total. The van der Waals surface area contributed by atoms with Crippen LogP contribution in [0.3, 0.4) is 0 Å². The van der Waals surface area contributed by atoms with Gasteiger partial charge in [0.2, 0.25) is 10.0 Å². The summed E-state index contributed by atoms with van der Waals surface area (Å²) >= 11 is 4.75. The first kappa shape index (κ1) is 14.4. The Labute approximate surface area is 120 Å². The summed E-state index contributed by atoms with van der Waals surface area (Å²) in [6, 6.07) is 2.18. The van der Waals surface area contributed by atoms with Crippen LogP contribution in [0.1, 0.15) is 24.5 Å². The van der Waals surface area contributed by atoms with Gasteiger partial charge in [0, 0.05) is 6.20 Å². The van der Waals surface area contributed by atoms with Crippen LogP contribution in [0.15, 0.2) is 23.2 Å². The predicted molar refractivity (Wildman–Crippen MR) is 73.0 cm³/mol. The average Bonchev–Trinajstić information content (AvgIpc) is 2.92. The van der Waals surface area contributed by atoms with Gasteiger partial charge in [-0.3, -0.25) is 4.98 Å². The van der Waals surface area contributed by atoms with Crippen LogP contribution >= 0.6 is 12.2 Å². The van der Waals surface area contributed by atoms with Gasteiger partial charge in [0.1, 0.15) is 9.88 Å². The smallest absolute Gasteiger partial charge is 0.242 e. The monoisotopic (exact) mass is 313 g/mol. The molecule has 0 aromatic carbocycles. The number of H-pyrrole nitrogens is 1. The Hall–Kier alpha value is -1.98. The first-order valence-corrected chi connectivity index (χ1v) is 7.31. The highest BCUT2D eigenvalue weighted by Crippen LogP contribution is 2.13. The van der Waals surface area contributed by atoms with E-state index in [1.165, 1.54) is 18.3 Å². The van der Waals surface area contributed by atoms with E-state index in [1.54, 1.807) is 6.92 Å². The molecule has 0 amide bonds. The maximum Gasteiger partial charge on any atom is 0.242 e. The summed E-state index contributed by atoms with van der Waals surface area (Å²) in [5, 5.41) is 13.0. The second-order valence-electron chi connectivity index (χ2n) is 3.86. The number of nitrogens with zero attached hydrogens (tertiary/aromatic N) is 4. The van der Waals surface area contributed by atoms with E-state index in [-0.39, 0.29) is 15.7 Å². The number of aromatic amines is 1. The molecule has 11 heteroatoms. The van der Waals surface area contributed by atoms with E-state index in [2.05, 4.69) is 30.3 Å². The first-order valence-electron chi connectivity index (χ1n) is 5.41. The molecule has 20 heavy (non-hydrogen) atoms. The van der Waals surface area contributed by atoms with Gasteiger partial charge in [-0.05, 0) is 19.1 Å². The van der Waals surface area contributed by atoms with Crippen molar-refractivity contribution in [1.29, 1.82) is 0 Å². The van der Waals surface area contributed by atoms with Crippen molar-refractivity contribution in [1.82, 2.24) is 30.3 Å². The molecule has 0 saturated carbocycles. The van der Waals surface area contributed by atoms with E-state index in [1.807, 2.05) is 0 Å².